The van der Waals surface area contributed by atoms with Crippen molar-refractivity contribution in [2.75, 3.05) is 18.3 Å². The predicted molar refractivity (Wildman–Crippen MR) is 50.6 cm³/mol. The minimum atomic E-state index is -0.463. The highest BCUT2D eigenvalue weighted by atomic mass is 32.2. The van der Waals surface area contributed by atoms with Crippen molar-refractivity contribution in [3.63, 3.8) is 0 Å². The van der Waals surface area contributed by atoms with Crippen LogP contribution in [0.1, 0.15) is 6.42 Å². The van der Waals surface area contributed by atoms with Crippen molar-refractivity contribution in [3.8, 4) is 0 Å². The highest BCUT2D eigenvalue weighted by Crippen LogP contribution is 2.03. The lowest BCUT2D eigenvalue weighted by atomic mass is 10.2. The second kappa shape index (κ2) is 6.82. The molecule has 0 rings (SSSR count). The lowest BCUT2D eigenvalue weighted by Crippen LogP contribution is -2.31. The Morgan fingerprint density at radius 2 is 2.27 bits per heavy atom. The summed E-state index contributed by atoms with van der Waals surface area (Å²) in [6.07, 6.45) is 4.35. The maximum atomic E-state index is 10.9. The maximum absolute atomic E-state index is 10.9. The highest BCUT2D eigenvalue weighted by Gasteiger charge is 2.13. The zero-order valence-electron chi connectivity index (χ0n) is 6.70. The summed E-state index contributed by atoms with van der Waals surface area (Å²) in [5.74, 6) is 0.566. The molecule has 0 aliphatic carbocycles. The van der Waals surface area contributed by atoms with Crippen LogP contribution in [0.15, 0.2) is 0 Å². The monoisotopic (exact) mass is 195 g/mol. The van der Waals surface area contributed by atoms with E-state index in [9.17, 15) is 4.79 Å². The molecule has 0 aliphatic heterocycles. The molecule has 0 aromatic rings. The third-order valence-corrected chi connectivity index (χ3v) is 2.08. The van der Waals surface area contributed by atoms with E-state index in [4.69, 9.17) is 5.73 Å². The molecule has 3 nitrogen and oxygen atoms in total. The molecule has 0 heterocycles. The van der Waals surface area contributed by atoms with Gasteiger partial charge in [-0.2, -0.15) is 11.8 Å². The number of hydrogen-bond donors (Lipinski definition) is 1. The van der Waals surface area contributed by atoms with E-state index in [1.165, 1.54) is 0 Å². The number of rotatable bonds is 5. The van der Waals surface area contributed by atoms with Gasteiger partial charge in [0, 0.05) is 6.26 Å². The van der Waals surface area contributed by atoms with Gasteiger partial charge in [-0.15, -0.1) is 0 Å². The van der Waals surface area contributed by atoms with E-state index in [0.717, 1.165) is 17.8 Å². The van der Waals surface area contributed by atoms with Crippen LogP contribution in [0.5, 0.6) is 0 Å². The fourth-order valence-electron chi connectivity index (χ4n) is 0.507. The highest BCUT2D eigenvalue weighted by molar-refractivity contribution is 7.98. The first-order chi connectivity index (χ1) is 5.22. The second-order valence-corrected chi connectivity index (χ2v) is 3.44. The van der Waals surface area contributed by atoms with E-state index in [-0.39, 0.29) is 5.97 Å². The van der Waals surface area contributed by atoms with Gasteiger partial charge in [0.15, 0.2) is 0 Å². The lowest BCUT2D eigenvalue weighted by Gasteiger charge is -2.07. The van der Waals surface area contributed by atoms with Gasteiger partial charge < -0.3 is 9.92 Å². The molecule has 0 saturated carbocycles. The molecule has 1 atom stereocenters. The van der Waals surface area contributed by atoms with Crippen LogP contribution in [0.2, 0.25) is 0 Å². The molecule has 0 aliphatic rings. The van der Waals surface area contributed by atoms with Gasteiger partial charge in [0.25, 0.3) is 0 Å². The standard InChI is InChI=1S/C6H13NO2S2/c1-10-4-3-5(7)6(8)9-11-2/h5H,3-4,7H2,1-2H3/t5-/m0/s1. The van der Waals surface area contributed by atoms with Crippen LogP contribution in [0.25, 0.3) is 0 Å². The van der Waals surface area contributed by atoms with Crippen molar-refractivity contribution in [1.29, 1.82) is 0 Å². The molecule has 0 aromatic heterocycles. The molecular weight excluding hydrogens is 182 g/mol. The third-order valence-electron chi connectivity index (χ3n) is 1.10. The van der Waals surface area contributed by atoms with Crippen molar-refractivity contribution in [3.05, 3.63) is 0 Å². The van der Waals surface area contributed by atoms with E-state index in [1.54, 1.807) is 18.0 Å². The van der Waals surface area contributed by atoms with E-state index in [1.807, 2.05) is 6.26 Å². The van der Waals surface area contributed by atoms with E-state index < -0.39 is 6.04 Å². The fraction of sp³-hybridized carbons (Fsp3) is 0.833. The maximum Gasteiger partial charge on any atom is 0.334 e. The summed E-state index contributed by atoms with van der Waals surface area (Å²) in [4.78, 5) is 10.9. The zero-order valence-corrected chi connectivity index (χ0v) is 8.33. The molecule has 0 spiro atoms. The van der Waals surface area contributed by atoms with Crippen molar-refractivity contribution in [2.24, 2.45) is 5.73 Å². The molecule has 5 heteroatoms. The van der Waals surface area contributed by atoms with Crippen LogP contribution >= 0.6 is 23.8 Å². The molecule has 0 saturated heterocycles. The normalized spacial score (nSPS) is 12.6. The first-order valence-electron chi connectivity index (χ1n) is 3.21. The zero-order chi connectivity index (χ0) is 8.69. The molecule has 0 aromatic carbocycles. The number of nitrogens with two attached hydrogens (primary N) is 1. The molecular formula is C6H13NO2S2. The largest absolute Gasteiger partial charge is 0.391 e. The average molecular weight is 195 g/mol. The van der Waals surface area contributed by atoms with Crippen molar-refractivity contribution in [1.82, 2.24) is 0 Å². The smallest absolute Gasteiger partial charge is 0.334 e. The van der Waals surface area contributed by atoms with Gasteiger partial charge in [0.2, 0.25) is 0 Å². The molecule has 0 radical (unpaired) electrons. The van der Waals surface area contributed by atoms with E-state index >= 15 is 0 Å². The molecule has 0 unspecified atom stereocenters. The Morgan fingerprint density at radius 1 is 1.64 bits per heavy atom. The summed E-state index contributed by atoms with van der Waals surface area (Å²) in [6, 6.07) is -0.463. The average Bonchev–Trinajstić information content (AvgIpc) is 2.00. The molecule has 11 heavy (non-hydrogen) atoms. The molecule has 66 valence electrons. The molecule has 0 bridgehead atoms. The quantitative estimate of drug-likeness (QED) is 0.660. The summed E-state index contributed by atoms with van der Waals surface area (Å²) in [7, 11) is 0. The lowest BCUT2D eigenvalue weighted by molar-refractivity contribution is -0.134. The molecule has 2 N–H and O–H groups in total. The van der Waals surface area contributed by atoms with Gasteiger partial charge in [-0.1, -0.05) is 0 Å². The summed E-state index contributed by atoms with van der Waals surface area (Å²) in [6.45, 7) is 0. The number of thioether (sulfide) groups is 1. The Labute approximate surface area is 75.6 Å². The SMILES string of the molecule is CSCC[C@H](N)C(=O)OSC. The van der Waals surface area contributed by atoms with Crippen molar-refractivity contribution >= 4 is 29.8 Å². The first-order valence-corrected chi connectivity index (χ1v) is 5.75. The summed E-state index contributed by atoms with van der Waals surface area (Å²) in [5, 5.41) is 0. The Balaban J connectivity index is 3.46. The van der Waals surface area contributed by atoms with Crippen LogP contribution in [-0.2, 0) is 8.98 Å². The number of carbonyl (C=O) groups is 1. The summed E-state index contributed by atoms with van der Waals surface area (Å²) < 4.78 is 4.64. The fourth-order valence-corrected chi connectivity index (χ4v) is 1.28. The predicted octanol–water partition coefficient (Wildman–Crippen LogP) is 0.888. The van der Waals surface area contributed by atoms with Gasteiger partial charge in [0.1, 0.15) is 6.04 Å². The van der Waals surface area contributed by atoms with Crippen molar-refractivity contribution in [2.45, 2.75) is 12.5 Å². The minimum Gasteiger partial charge on any atom is -0.391 e. The van der Waals surface area contributed by atoms with Gasteiger partial charge in [-0.05, 0) is 18.4 Å². The minimum absolute atomic E-state index is 0.327. The summed E-state index contributed by atoms with van der Waals surface area (Å²) >= 11 is 2.71. The van der Waals surface area contributed by atoms with Gasteiger partial charge in [0.05, 0.1) is 12.0 Å². The number of hydrogen-bond acceptors (Lipinski definition) is 5. The van der Waals surface area contributed by atoms with Gasteiger partial charge in [-0.3, -0.25) is 0 Å². The second-order valence-electron chi connectivity index (χ2n) is 1.96. The van der Waals surface area contributed by atoms with Crippen LogP contribution in [-0.4, -0.2) is 30.3 Å². The Bertz CT molecular complexity index is 121. The first kappa shape index (κ1) is 11.1. The van der Waals surface area contributed by atoms with Crippen LogP contribution < -0.4 is 5.73 Å². The van der Waals surface area contributed by atoms with Gasteiger partial charge >= 0.3 is 5.97 Å². The Kier molecular flexibility index (Phi) is 6.90. The van der Waals surface area contributed by atoms with Gasteiger partial charge in [-0.25, -0.2) is 4.79 Å². The van der Waals surface area contributed by atoms with Crippen LogP contribution in [0, 0.1) is 0 Å². The van der Waals surface area contributed by atoms with Crippen LogP contribution in [0.4, 0.5) is 0 Å². The van der Waals surface area contributed by atoms with E-state index in [0.29, 0.717) is 6.42 Å². The summed E-state index contributed by atoms with van der Waals surface area (Å²) in [5.41, 5.74) is 5.49. The molecule has 0 fully saturated rings. The topological polar surface area (TPSA) is 52.3 Å². The Hall–Kier alpha value is 0.130. The van der Waals surface area contributed by atoms with Crippen molar-refractivity contribution < 1.29 is 8.98 Å². The van der Waals surface area contributed by atoms with E-state index in [2.05, 4.69) is 4.18 Å². The third kappa shape index (κ3) is 5.41. The Morgan fingerprint density at radius 3 is 2.73 bits per heavy atom. The molecule has 0 amide bonds. The van der Waals surface area contributed by atoms with Crippen LogP contribution in [0.3, 0.4) is 0 Å². The number of carbonyl (C=O) groups excluding carboxylic acids is 1.